The smallest absolute Gasteiger partial charge is 0.274 e. The lowest BCUT2D eigenvalue weighted by molar-refractivity contribution is -0.118. The SMILES string of the molecule is CC(C)c1ccccc1NC(=O)c1cc(N2CCN(C=O)CC2)ncn1. The van der Waals surface area contributed by atoms with Crippen molar-refractivity contribution in [3.05, 3.63) is 47.9 Å². The minimum Gasteiger partial charge on any atom is -0.353 e. The van der Waals surface area contributed by atoms with Gasteiger partial charge in [-0.2, -0.15) is 0 Å². The highest BCUT2D eigenvalue weighted by Crippen LogP contribution is 2.24. The van der Waals surface area contributed by atoms with E-state index >= 15 is 0 Å². The molecule has 1 fully saturated rings. The van der Waals surface area contributed by atoms with Gasteiger partial charge in [-0.3, -0.25) is 9.59 Å². The molecule has 1 aromatic heterocycles. The molecule has 0 atom stereocenters. The average Bonchev–Trinajstić information content (AvgIpc) is 2.68. The fraction of sp³-hybridized carbons (Fsp3) is 0.368. The summed E-state index contributed by atoms with van der Waals surface area (Å²) in [5.41, 5.74) is 2.21. The number of benzene rings is 1. The van der Waals surface area contributed by atoms with Crippen LogP contribution in [0.25, 0.3) is 0 Å². The Bertz CT molecular complexity index is 785. The number of amides is 2. The first-order chi connectivity index (χ1) is 12.6. The minimum atomic E-state index is -0.256. The second kappa shape index (κ2) is 7.95. The van der Waals surface area contributed by atoms with Crippen molar-refractivity contribution in [1.82, 2.24) is 14.9 Å². The lowest BCUT2D eigenvalue weighted by atomic mass is 10.0. The van der Waals surface area contributed by atoms with Gasteiger partial charge in [-0.15, -0.1) is 0 Å². The topological polar surface area (TPSA) is 78.4 Å². The molecule has 0 saturated carbocycles. The molecule has 2 heterocycles. The Morgan fingerprint density at radius 2 is 1.88 bits per heavy atom. The lowest BCUT2D eigenvalue weighted by Crippen LogP contribution is -2.46. The molecule has 0 unspecified atom stereocenters. The summed E-state index contributed by atoms with van der Waals surface area (Å²) in [6.07, 6.45) is 2.27. The van der Waals surface area contributed by atoms with Crippen LogP contribution in [0.1, 0.15) is 35.8 Å². The largest absolute Gasteiger partial charge is 0.353 e. The van der Waals surface area contributed by atoms with Crippen LogP contribution in [-0.2, 0) is 4.79 Å². The van der Waals surface area contributed by atoms with Crippen molar-refractivity contribution >= 4 is 23.8 Å². The number of anilines is 2. The van der Waals surface area contributed by atoms with Gasteiger partial charge in [0.05, 0.1) is 0 Å². The molecule has 0 spiro atoms. The molecule has 0 radical (unpaired) electrons. The zero-order valence-corrected chi connectivity index (χ0v) is 15.1. The normalized spacial score (nSPS) is 14.4. The van der Waals surface area contributed by atoms with Crippen LogP contribution >= 0.6 is 0 Å². The molecule has 3 rings (SSSR count). The third-order valence-electron chi connectivity index (χ3n) is 4.50. The number of nitrogens with zero attached hydrogens (tertiary/aromatic N) is 4. The molecule has 136 valence electrons. The van der Waals surface area contributed by atoms with E-state index in [-0.39, 0.29) is 5.91 Å². The highest BCUT2D eigenvalue weighted by molar-refractivity contribution is 6.03. The van der Waals surface area contributed by atoms with Crippen molar-refractivity contribution in [2.45, 2.75) is 19.8 Å². The summed E-state index contributed by atoms with van der Waals surface area (Å²) < 4.78 is 0. The molecule has 2 amide bonds. The summed E-state index contributed by atoms with van der Waals surface area (Å²) in [5.74, 6) is 0.752. The van der Waals surface area contributed by atoms with Crippen molar-refractivity contribution in [3.63, 3.8) is 0 Å². The monoisotopic (exact) mass is 353 g/mol. The number of aromatic nitrogens is 2. The number of hydrogen-bond donors (Lipinski definition) is 1. The van der Waals surface area contributed by atoms with Gasteiger partial charge in [0.25, 0.3) is 5.91 Å². The van der Waals surface area contributed by atoms with Gasteiger partial charge in [-0.1, -0.05) is 32.0 Å². The van der Waals surface area contributed by atoms with Crippen molar-refractivity contribution in [2.24, 2.45) is 0 Å². The molecule has 7 heteroatoms. The van der Waals surface area contributed by atoms with E-state index in [0.29, 0.717) is 43.6 Å². The second-order valence-electron chi connectivity index (χ2n) is 6.59. The third kappa shape index (κ3) is 3.99. The predicted octanol–water partition coefficient (Wildman–Crippen LogP) is 2.13. The number of piperazine rings is 1. The Hall–Kier alpha value is -2.96. The van der Waals surface area contributed by atoms with Crippen LogP contribution < -0.4 is 10.2 Å². The predicted molar refractivity (Wildman–Crippen MR) is 100 cm³/mol. The quantitative estimate of drug-likeness (QED) is 0.833. The van der Waals surface area contributed by atoms with Gasteiger partial charge in [0.2, 0.25) is 6.41 Å². The number of para-hydroxylation sites is 1. The first kappa shape index (κ1) is 17.8. The van der Waals surface area contributed by atoms with Crippen LogP contribution in [0, 0.1) is 0 Å². The number of hydrogen-bond acceptors (Lipinski definition) is 5. The van der Waals surface area contributed by atoms with Gasteiger partial charge in [0.1, 0.15) is 17.8 Å². The molecule has 1 saturated heterocycles. The number of carbonyl (C=O) groups excluding carboxylic acids is 2. The van der Waals surface area contributed by atoms with Gasteiger partial charge in [0, 0.05) is 37.9 Å². The highest BCUT2D eigenvalue weighted by Gasteiger charge is 2.19. The minimum absolute atomic E-state index is 0.256. The van der Waals surface area contributed by atoms with Crippen LogP contribution in [-0.4, -0.2) is 53.4 Å². The second-order valence-corrected chi connectivity index (χ2v) is 6.59. The van der Waals surface area contributed by atoms with Crippen molar-refractivity contribution in [3.8, 4) is 0 Å². The Morgan fingerprint density at radius 3 is 2.58 bits per heavy atom. The fourth-order valence-electron chi connectivity index (χ4n) is 3.00. The zero-order valence-electron chi connectivity index (χ0n) is 15.1. The van der Waals surface area contributed by atoms with Crippen LogP contribution in [0.4, 0.5) is 11.5 Å². The van der Waals surface area contributed by atoms with Gasteiger partial charge >= 0.3 is 0 Å². The van der Waals surface area contributed by atoms with Crippen LogP contribution in [0.2, 0.25) is 0 Å². The number of rotatable bonds is 5. The van der Waals surface area contributed by atoms with E-state index in [9.17, 15) is 9.59 Å². The molecule has 1 aromatic carbocycles. The summed E-state index contributed by atoms with van der Waals surface area (Å²) in [7, 11) is 0. The van der Waals surface area contributed by atoms with Crippen molar-refractivity contribution < 1.29 is 9.59 Å². The summed E-state index contributed by atoms with van der Waals surface area (Å²) in [4.78, 5) is 35.7. The molecule has 1 aliphatic heterocycles. The van der Waals surface area contributed by atoms with E-state index in [1.807, 2.05) is 24.3 Å². The van der Waals surface area contributed by atoms with E-state index < -0.39 is 0 Å². The standard InChI is InChI=1S/C19H23N5O2/c1-14(2)15-5-3-4-6-16(15)22-19(26)17-11-18(21-12-20-17)24-9-7-23(13-25)8-10-24/h3-6,11-14H,7-10H2,1-2H3,(H,22,26). The first-order valence-corrected chi connectivity index (χ1v) is 8.75. The van der Waals surface area contributed by atoms with E-state index in [0.717, 1.165) is 17.7 Å². The number of nitrogens with one attached hydrogen (secondary N) is 1. The van der Waals surface area contributed by atoms with Crippen molar-refractivity contribution in [2.75, 3.05) is 36.4 Å². The molecule has 7 nitrogen and oxygen atoms in total. The molecular formula is C19H23N5O2. The van der Waals surface area contributed by atoms with Crippen LogP contribution in [0.3, 0.4) is 0 Å². The highest BCUT2D eigenvalue weighted by atomic mass is 16.2. The summed E-state index contributed by atoms with van der Waals surface area (Å²) in [6, 6.07) is 9.47. The Labute approximate surface area is 153 Å². The van der Waals surface area contributed by atoms with E-state index in [2.05, 4.69) is 34.0 Å². The summed E-state index contributed by atoms with van der Waals surface area (Å²) >= 11 is 0. The summed E-state index contributed by atoms with van der Waals surface area (Å²) in [6.45, 7) is 6.85. The molecular weight excluding hydrogens is 330 g/mol. The molecule has 2 aromatic rings. The summed E-state index contributed by atoms with van der Waals surface area (Å²) in [5, 5.41) is 2.95. The Kier molecular flexibility index (Phi) is 5.46. The molecule has 1 aliphatic rings. The molecule has 0 aliphatic carbocycles. The maximum Gasteiger partial charge on any atom is 0.274 e. The van der Waals surface area contributed by atoms with E-state index in [4.69, 9.17) is 0 Å². The van der Waals surface area contributed by atoms with E-state index in [1.54, 1.807) is 11.0 Å². The van der Waals surface area contributed by atoms with Gasteiger partial charge in [-0.05, 0) is 17.5 Å². The zero-order chi connectivity index (χ0) is 18.5. The van der Waals surface area contributed by atoms with Gasteiger partial charge in [-0.25, -0.2) is 9.97 Å². The number of carbonyl (C=O) groups is 2. The van der Waals surface area contributed by atoms with Gasteiger partial charge in [0.15, 0.2) is 0 Å². The first-order valence-electron chi connectivity index (χ1n) is 8.75. The molecule has 1 N–H and O–H groups in total. The Morgan fingerprint density at radius 1 is 1.15 bits per heavy atom. The molecule has 0 bridgehead atoms. The maximum atomic E-state index is 12.6. The third-order valence-corrected chi connectivity index (χ3v) is 4.50. The van der Waals surface area contributed by atoms with Gasteiger partial charge < -0.3 is 15.1 Å². The maximum absolute atomic E-state index is 12.6. The Balaban J connectivity index is 1.74. The fourth-order valence-corrected chi connectivity index (χ4v) is 3.00. The van der Waals surface area contributed by atoms with Crippen LogP contribution in [0.15, 0.2) is 36.7 Å². The molecule has 26 heavy (non-hydrogen) atoms. The van der Waals surface area contributed by atoms with Crippen molar-refractivity contribution in [1.29, 1.82) is 0 Å². The van der Waals surface area contributed by atoms with E-state index in [1.165, 1.54) is 6.33 Å². The lowest BCUT2D eigenvalue weighted by Gasteiger charge is -2.33. The van der Waals surface area contributed by atoms with Crippen LogP contribution in [0.5, 0.6) is 0 Å². The average molecular weight is 353 g/mol.